The van der Waals surface area contributed by atoms with E-state index in [-0.39, 0.29) is 24.8 Å². The maximum atomic E-state index is 10.2. The first-order chi connectivity index (χ1) is 5.57. The third-order valence-corrected chi connectivity index (χ3v) is 1.78. The lowest BCUT2D eigenvalue weighted by Crippen LogP contribution is -2.30. The SMILES string of the molecule is CSC(N)=NCCC(N)C(=O)O.Cl.Cl. The smallest absolute Gasteiger partial charge is 0.320 e. The van der Waals surface area contributed by atoms with Gasteiger partial charge in [0.15, 0.2) is 5.17 Å². The molecule has 0 aromatic carbocycles. The Morgan fingerprint density at radius 2 is 2.07 bits per heavy atom. The number of nitrogens with zero attached hydrogens (tertiary/aromatic N) is 1. The largest absolute Gasteiger partial charge is 0.480 e. The number of carboxylic acid groups (broad SMARTS) is 1. The Balaban J connectivity index is -0.000000605. The first-order valence-corrected chi connectivity index (χ1v) is 4.62. The Bertz CT molecular complexity index is 192. The Kier molecular flexibility index (Phi) is 15.1. The van der Waals surface area contributed by atoms with Gasteiger partial charge < -0.3 is 16.6 Å². The quantitative estimate of drug-likeness (QED) is 0.501. The second kappa shape index (κ2) is 10.9. The molecule has 86 valence electrons. The van der Waals surface area contributed by atoms with E-state index in [0.717, 1.165) is 0 Å². The fourth-order valence-corrected chi connectivity index (χ4v) is 0.722. The zero-order valence-corrected chi connectivity index (χ0v) is 10.1. The van der Waals surface area contributed by atoms with E-state index in [4.69, 9.17) is 16.6 Å². The Labute approximate surface area is 99.5 Å². The molecule has 0 aromatic rings. The van der Waals surface area contributed by atoms with Gasteiger partial charge in [-0.1, -0.05) is 11.8 Å². The monoisotopic (exact) mass is 263 g/mol. The molecule has 1 atom stereocenters. The van der Waals surface area contributed by atoms with Gasteiger partial charge in [0.25, 0.3) is 0 Å². The van der Waals surface area contributed by atoms with Crippen molar-refractivity contribution in [3.05, 3.63) is 0 Å². The number of halogens is 2. The zero-order valence-electron chi connectivity index (χ0n) is 7.67. The number of carboxylic acids is 1. The van der Waals surface area contributed by atoms with Crippen LogP contribution in [0.5, 0.6) is 0 Å². The summed E-state index contributed by atoms with van der Waals surface area (Å²) < 4.78 is 0. The van der Waals surface area contributed by atoms with Crippen LogP contribution in [0.3, 0.4) is 0 Å². The number of rotatable bonds is 4. The predicted octanol–water partition coefficient (Wildman–Crippen LogP) is 0.310. The van der Waals surface area contributed by atoms with Crippen molar-refractivity contribution < 1.29 is 9.90 Å². The highest BCUT2D eigenvalue weighted by Crippen LogP contribution is 1.94. The van der Waals surface area contributed by atoms with Crippen molar-refractivity contribution >= 4 is 47.7 Å². The van der Waals surface area contributed by atoms with Crippen molar-refractivity contribution in [2.75, 3.05) is 12.8 Å². The molecule has 0 rings (SSSR count). The van der Waals surface area contributed by atoms with Crippen molar-refractivity contribution in [1.82, 2.24) is 0 Å². The average molecular weight is 264 g/mol. The zero-order chi connectivity index (χ0) is 9.56. The first-order valence-electron chi connectivity index (χ1n) is 3.40. The normalized spacial score (nSPS) is 12.3. The van der Waals surface area contributed by atoms with E-state index in [9.17, 15) is 4.79 Å². The van der Waals surface area contributed by atoms with Gasteiger partial charge in [-0.15, -0.1) is 24.8 Å². The number of amidine groups is 1. The van der Waals surface area contributed by atoms with Gasteiger partial charge in [-0.2, -0.15) is 0 Å². The van der Waals surface area contributed by atoms with E-state index in [1.54, 1.807) is 6.26 Å². The van der Waals surface area contributed by atoms with Gasteiger partial charge in [-0.3, -0.25) is 9.79 Å². The molecule has 0 bridgehead atoms. The van der Waals surface area contributed by atoms with E-state index in [1.165, 1.54) is 11.8 Å². The summed E-state index contributed by atoms with van der Waals surface area (Å²) in [6.45, 7) is 0.361. The number of thioether (sulfide) groups is 1. The molecule has 0 heterocycles. The molecule has 14 heavy (non-hydrogen) atoms. The number of hydrogen-bond acceptors (Lipinski definition) is 4. The molecule has 0 aromatic heterocycles. The van der Waals surface area contributed by atoms with Crippen molar-refractivity contribution in [2.24, 2.45) is 16.5 Å². The van der Waals surface area contributed by atoms with Crippen LogP contribution < -0.4 is 11.5 Å². The number of carbonyl (C=O) groups is 1. The summed E-state index contributed by atoms with van der Waals surface area (Å²) in [6, 6.07) is -0.844. The molecule has 8 heteroatoms. The summed E-state index contributed by atoms with van der Waals surface area (Å²) in [5, 5.41) is 8.85. The Morgan fingerprint density at radius 3 is 2.43 bits per heavy atom. The summed E-state index contributed by atoms with van der Waals surface area (Å²) >= 11 is 1.32. The van der Waals surface area contributed by atoms with Crippen molar-refractivity contribution in [2.45, 2.75) is 12.5 Å². The van der Waals surface area contributed by atoms with Crippen LogP contribution >= 0.6 is 36.6 Å². The van der Waals surface area contributed by atoms with Gasteiger partial charge in [-0.05, 0) is 12.7 Å². The molecule has 0 saturated heterocycles. The molecule has 0 saturated carbocycles. The average Bonchev–Trinajstić information content (AvgIpc) is 2.03. The summed E-state index contributed by atoms with van der Waals surface area (Å²) in [7, 11) is 0. The van der Waals surface area contributed by atoms with Crippen molar-refractivity contribution in [3.63, 3.8) is 0 Å². The second-order valence-electron chi connectivity index (χ2n) is 2.16. The van der Waals surface area contributed by atoms with Crippen LogP contribution in [0.2, 0.25) is 0 Å². The Morgan fingerprint density at radius 1 is 1.57 bits per heavy atom. The second-order valence-corrected chi connectivity index (χ2v) is 2.98. The molecular weight excluding hydrogens is 249 g/mol. The van der Waals surface area contributed by atoms with E-state index < -0.39 is 12.0 Å². The highest BCUT2D eigenvalue weighted by molar-refractivity contribution is 8.13. The molecule has 0 aliphatic heterocycles. The molecular formula is C6H15Cl2N3O2S. The fraction of sp³-hybridized carbons (Fsp3) is 0.667. The number of hydrogen-bond donors (Lipinski definition) is 3. The summed E-state index contributed by atoms with van der Waals surface area (Å²) in [4.78, 5) is 14.1. The topological polar surface area (TPSA) is 102 Å². The van der Waals surface area contributed by atoms with Gasteiger partial charge in [0.2, 0.25) is 0 Å². The number of aliphatic imine (C=N–C) groups is 1. The van der Waals surface area contributed by atoms with Crippen LogP contribution in [0.4, 0.5) is 0 Å². The summed E-state index contributed by atoms with van der Waals surface area (Å²) in [5.41, 5.74) is 10.6. The number of nitrogens with two attached hydrogens (primary N) is 2. The third kappa shape index (κ3) is 9.91. The minimum atomic E-state index is -1.01. The number of aliphatic carboxylic acids is 1. The van der Waals surface area contributed by atoms with Gasteiger partial charge >= 0.3 is 5.97 Å². The van der Waals surface area contributed by atoms with Gasteiger partial charge in [0, 0.05) is 6.54 Å². The van der Waals surface area contributed by atoms with Crippen LogP contribution in [0.15, 0.2) is 4.99 Å². The minimum Gasteiger partial charge on any atom is -0.480 e. The van der Waals surface area contributed by atoms with Crippen LogP contribution in [0.1, 0.15) is 6.42 Å². The van der Waals surface area contributed by atoms with E-state index in [2.05, 4.69) is 4.99 Å². The highest BCUT2D eigenvalue weighted by atomic mass is 35.5. The van der Waals surface area contributed by atoms with E-state index in [1.807, 2.05) is 0 Å². The molecule has 0 aliphatic rings. The lowest BCUT2D eigenvalue weighted by atomic mass is 10.2. The lowest BCUT2D eigenvalue weighted by molar-refractivity contribution is -0.138. The molecule has 5 nitrogen and oxygen atoms in total. The third-order valence-electron chi connectivity index (χ3n) is 1.23. The molecule has 0 fully saturated rings. The van der Waals surface area contributed by atoms with E-state index >= 15 is 0 Å². The van der Waals surface area contributed by atoms with Crippen LogP contribution in [0, 0.1) is 0 Å². The molecule has 0 amide bonds. The summed E-state index contributed by atoms with van der Waals surface area (Å²) in [6.07, 6.45) is 2.12. The fourth-order valence-electron chi connectivity index (χ4n) is 0.502. The highest BCUT2D eigenvalue weighted by Gasteiger charge is 2.09. The molecule has 0 spiro atoms. The maximum absolute atomic E-state index is 10.2. The molecule has 1 unspecified atom stereocenters. The van der Waals surface area contributed by atoms with Crippen LogP contribution in [-0.2, 0) is 4.79 Å². The van der Waals surface area contributed by atoms with Crippen LogP contribution in [0.25, 0.3) is 0 Å². The molecule has 0 radical (unpaired) electrons. The predicted molar refractivity (Wildman–Crippen MR) is 64.7 cm³/mol. The summed E-state index contributed by atoms with van der Waals surface area (Å²) in [5.74, 6) is -1.01. The van der Waals surface area contributed by atoms with Gasteiger partial charge in [0.05, 0.1) is 0 Å². The molecule has 5 N–H and O–H groups in total. The Hall–Kier alpha value is -0.170. The van der Waals surface area contributed by atoms with Gasteiger partial charge in [0.1, 0.15) is 6.04 Å². The lowest BCUT2D eigenvalue weighted by Gasteiger charge is -2.02. The van der Waals surface area contributed by atoms with Crippen LogP contribution in [-0.4, -0.2) is 35.1 Å². The van der Waals surface area contributed by atoms with Crippen molar-refractivity contribution in [3.8, 4) is 0 Å². The van der Waals surface area contributed by atoms with E-state index in [0.29, 0.717) is 18.1 Å². The minimum absolute atomic E-state index is 0. The standard InChI is InChI=1S/C6H13N3O2S.2ClH/c1-12-6(8)9-3-2-4(7)5(10)11;;/h4H,2-3,7H2,1H3,(H2,8,9)(H,10,11);2*1H. The maximum Gasteiger partial charge on any atom is 0.320 e. The molecule has 0 aliphatic carbocycles. The van der Waals surface area contributed by atoms with Crippen molar-refractivity contribution in [1.29, 1.82) is 0 Å². The first kappa shape index (κ1) is 19.4. The van der Waals surface area contributed by atoms with Gasteiger partial charge in [-0.25, -0.2) is 0 Å².